The Morgan fingerprint density at radius 3 is 2.16 bits per heavy atom. The molecule has 4 rings (SSSR count). The number of carbonyl (C=O) groups is 1. The molecule has 0 bridgehead atoms. The van der Waals surface area contributed by atoms with Crippen molar-refractivity contribution in [2.75, 3.05) is 26.2 Å². The molecule has 2 aliphatic heterocycles. The topological polar surface area (TPSA) is 60.9 Å². The zero-order valence-electron chi connectivity index (χ0n) is 18.5. The van der Waals surface area contributed by atoms with E-state index in [4.69, 9.17) is 0 Å². The second-order valence-corrected chi connectivity index (χ2v) is 10.7. The Hall–Kier alpha value is -2.38. The van der Waals surface area contributed by atoms with Crippen molar-refractivity contribution in [1.29, 1.82) is 0 Å². The molecule has 2 aliphatic rings. The Balaban J connectivity index is 1.37. The summed E-state index contributed by atoms with van der Waals surface area (Å²) in [4.78, 5) is 17.2. The first-order valence-electron chi connectivity index (χ1n) is 10.9. The van der Waals surface area contributed by atoms with E-state index in [1.807, 2.05) is 35.8 Å². The van der Waals surface area contributed by atoms with Gasteiger partial charge in [-0.05, 0) is 50.8 Å². The van der Waals surface area contributed by atoms with Crippen molar-refractivity contribution in [3.63, 3.8) is 0 Å². The van der Waals surface area contributed by atoms with Gasteiger partial charge in [0.2, 0.25) is 10.0 Å². The number of aryl methyl sites for hydroxylation is 3. The number of hydrogen-bond acceptors (Lipinski definition) is 3. The minimum atomic E-state index is -3.51. The van der Waals surface area contributed by atoms with Gasteiger partial charge in [-0.3, -0.25) is 0 Å². The number of nitrogens with zero attached hydrogens (tertiary/aromatic N) is 3. The van der Waals surface area contributed by atoms with Crippen LogP contribution in [-0.2, 0) is 16.6 Å². The Kier molecular flexibility index (Phi) is 6.08. The highest BCUT2D eigenvalue weighted by molar-refractivity contribution is 7.89. The van der Waals surface area contributed by atoms with Crippen LogP contribution in [-0.4, -0.2) is 60.8 Å². The van der Waals surface area contributed by atoms with Crippen molar-refractivity contribution in [2.24, 2.45) is 0 Å². The predicted octanol–water partition coefficient (Wildman–Crippen LogP) is 3.70. The molecular formula is C24H31N3O3S. The molecule has 0 radical (unpaired) electrons. The van der Waals surface area contributed by atoms with Crippen LogP contribution in [0.1, 0.15) is 35.1 Å². The van der Waals surface area contributed by atoms with Crippen molar-refractivity contribution >= 4 is 16.1 Å². The number of carbonyl (C=O) groups excluding carboxylic acids is 1. The highest BCUT2D eigenvalue weighted by Crippen LogP contribution is 2.27. The molecule has 0 unspecified atom stereocenters. The minimum absolute atomic E-state index is 0.0660. The molecule has 0 aliphatic carbocycles. The summed E-state index contributed by atoms with van der Waals surface area (Å²) in [5.74, 6) is 0. The highest BCUT2D eigenvalue weighted by Gasteiger charge is 2.37. The summed E-state index contributed by atoms with van der Waals surface area (Å²) in [6.45, 7) is 8.80. The smallest absolute Gasteiger partial charge is 0.320 e. The van der Waals surface area contributed by atoms with Crippen LogP contribution in [0, 0.1) is 20.8 Å². The lowest BCUT2D eigenvalue weighted by Gasteiger charge is -2.36. The molecule has 6 nitrogen and oxygen atoms in total. The largest absolute Gasteiger partial charge is 0.320 e. The van der Waals surface area contributed by atoms with Crippen LogP contribution in [0.15, 0.2) is 47.4 Å². The number of hydrogen-bond donors (Lipinski definition) is 0. The maximum absolute atomic E-state index is 13.1. The first-order valence-corrected chi connectivity index (χ1v) is 12.4. The number of piperidine rings is 1. The van der Waals surface area contributed by atoms with E-state index in [2.05, 4.69) is 31.2 Å². The minimum Gasteiger partial charge on any atom is -0.320 e. The second kappa shape index (κ2) is 8.63. The van der Waals surface area contributed by atoms with Gasteiger partial charge in [-0.15, -0.1) is 0 Å². The van der Waals surface area contributed by atoms with Gasteiger partial charge in [0, 0.05) is 38.8 Å². The van der Waals surface area contributed by atoms with Crippen molar-refractivity contribution in [1.82, 2.24) is 14.1 Å². The lowest BCUT2D eigenvalue weighted by atomic mass is 10.1. The van der Waals surface area contributed by atoms with Crippen LogP contribution >= 0.6 is 0 Å². The highest BCUT2D eigenvalue weighted by atomic mass is 32.2. The van der Waals surface area contributed by atoms with Gasteiger partial charge in [0.1, 0.15) is 0 Å². The molecular weight excluding hydrogens is 410 g/mol. The monoisotopic (exact) mass is 441 g/mol. The fourth-order valence-corrected chi connectivity index (χ4v) is 6.30. The number of sulfonamides is 1. The Morgan fingerprint density at radius 1 is 0.871 bits per heavy atom. The lowest BCUT2D eigenvalue weighted by molar-refractivity contribution is 0.153. The number of amides is 2. The molecule has 166 valence electrons. The maximum Gasteiger partial charge on any atom is 0.320 e. The first-order chi connectivity index (χ1) is 14.8. The van der Waals surface area contributed by atoms with Gasteiger partial charge >= 0.3 is 6.03 Å². The van der Waals surface area contributed by atoms with Crippen molar-refractivity contribution in [2.45, 2.75) is 51.1 Å². The number of benzene rings is 2. The summed E-state index contributed by atoms with van der Waals surface area (Å²) in [6.07, 6.45) is 1.35. The maximum atomic E-state index is 13.1. The number of urea groups is 1. The van der Waals surface area contributed by atoms with E-state index in [0.717, 1.165) is 16.7 Å². The summed E-state index contributed by atoms with van der Waals surface area (Å²) in [5, 5.41) is 0. The first kappa shape index (κ1) is 21.8. The van der Waals surface area contributed by atoms with E-state index in [1.165, 1.54) is 5.56 Å². The molecule has 31 heavy (non-hydrogen) atoms. The summed E-state index contributed by atoms with van der Waals surface area (Å²) in [5.41, 5.74) is 4.18. The van der Waals surface area contributed by atoms with Gasteiger partial charge in [-0.25, -0.2) is 13.2 Å². The Bertz CT molecular complexity index is 1060. The van der Waals surface area contributed by atoms with Crippen LogP contribution in [0.5, 0.6) is 0 Å². The van der Waals surface area contributed by atoms with Crippen LogP contribution < -0.4 is 0 Å². The molecule has 0 aromatic heterocycles. The third-order valence-electron chi connectivity index (χ3n) is 6.43. The fourth-order valence-electron chi connectivity index (χ4n) is 4.62. The third kappa shape index (κ3) is 4.48. The van der Waals surface area contributed by atoms with E-state index in [-0.39, 0.29) is 12.1 Å². The number of rotatable bonds is 5. The molecule has 2 saturated heterocycles. The summed E-state index contributed by atoms with van der Waals surface area (Å²) in [7, 11) is -3.51. The van der Waals surface area contributed by atoms with Crippen molar-refractivity contribution < 1.29 is 13.2 Å². The summed E-state index contributed by atoms with van der Waals surface area (Å²) < 4.78 is 27.8. The van der Waals surface area contributed by atoms with Crippen molar-refractivity contribution in [3.8, 4) is 0 Å². The second-order valence-electron chi connectivity index (χ2n) is 8.79. The molecule has 0 N–H and O–H groups in total. The molecule has 2 heterocycles. The average molecular weight is 442 g/mol. The van der Waals surface area contributed by atoms with Crippen LogP contribution in [0.3, 0.4) is 0 Å². The van der Waals surface area contributed by atoms with Crippen LogP contribution in [0.4, 0.5) is 4.79 Å². The average Bonchev–Trinajstić information content (AvgIpc) is 3.09. The molecule has 2 aromatic rings. The normalized spacial score (nSPS) is 18.7. The fraction of sp³-hybridized carbons (Fsp3) is 0.458. The zero-order valence-corrected chi connectivity index (χ0v) is 19.4. The van der Waals surface area contributed by atoms with Gasteiger partial charge in [-0.1, -0.05) is 47.5 Å². The van der Waals surface area contributed by atoms with Crippen LogP contribution in [0.2, 0.25) is 0 Å². The quantitative estimate of drug-likeness (QED) is 0.711. The summed E-state index contributed by atoms with van der Waals surface area (Å²) >= 11 is 0. The summed E-state index contributed by atoms with van der Waals surface area (Å²) in [6, 6.07) is 13.9. The molecule has 7 heteroatoms. The standard InChI is InChI=1S/C24H31N3O3S/c1-18-4-7-21(8-5-18)17-25-14-15-27(24(25)28)22-10-12-26(13-11-22)31(29,30)23-9-6-19(2)16-20(23)3/h4-9,16,22H,10-15,17H2,1-3H3. The molecule has 2 amide bonds. The molecule has 0 atom stereocenters. The lowest BCUT2D eigenvalue weighted by Crippen LogP contribution is -2.48. The van der Waals surface area contributed by atoms with Gasteiger partial charge in [0.25, 0.3) is 0 Å². The van der Waals surface area contributed by atoms with Crippen LogP contribution in [0.25, 0.3) is 0 Å². The molecule has 2 aromatic carbocycles. The van der Waals surface area contributed by atoms with E-state index in [1.54, 1.807) is 10.4 Å². The van der Waals surface area contributed by atoms with Gasteiger partial charge in [0.15, 0.2) is 0 Å². The van der Waals surface area contributed by atoms with Gasteiger partial charge < -0.3 is 9.80 Å². The molecule has 0 saturated carbocycles. The van der Waals surface area contributed by atoms with Crippen molar-refractivity contribution in [3.05, 3.63) is 64.7 Å². The molecule has 0 spiro atoms. The van der Waals surface area contributed by atoms with E-state index in [0.29, 0.717) is 50.5 Å². The third-order valence-corrected chi connectivity index (χ3v) is 8.49. The SMILES string of the molecule is Cc1ccc(CN2CCN(C3CCN(S(=O)(=O)c4ccc(C)cc4C)CC3)C2=O)cc1. The zero-order chi connectivity index (χ0) is 22.2. The van der Waals surface area contributed by atoms with Gasteiger partial charge in [0.05, 0.1) is 4.90 Å². The van der Waals surface area contributed by atoms with E-state index >= 15 is 0 Å². The predicted molar refractivity (Wildman–Crippen MR) is 121 cm³/mol. The van der Waals surface area contributed by atoms with Gasteiger partial charge in [-0.2, -0.15) is 4.31 Å². The Morgan fingerprint density at radius 2 is 1.52 bits per heavy atom. The van der Waals surface area contributed by atoms with E-state index in [9.17, 15) is 13.2 Å². The Labute approximate surface area is 185 Å². The molecule has 2 fully saturated rings. The van der Waals surface area contributed by atoms with E-state index < -0.39 is 10.0 Å².